The summed E-state index contributed by atoms with van der Waals surface area (Å²) in [7, 11) is 0. The van der Waals surface area contributed by atoms with Crippen LogP contribution < -0.4 is 10.1 Å². The highest BCUT2D eigenvalue weighted by atomic mass is 16.6. The molecule has 0 aliphatic heterocycles. The van der Waals surface area contributed by atoms with Crippen molar-refractivity contribution < 1.29 is 19.6 Å². The molecular weight excluding hydrogens is 324 g/mol. The Morgan fingerprint density at radius 3 is 2.56 bits per heavy atom. The van der Waals surface area contributed by atoms with E-state index >= 15 is 0 Å². The number of benzene rings is 2. The molecule has 1 amide bonds. The molecule has 25 heavy (non-hydrogen) atoms. The Bertz CT molecular complexity index is 731. The van der Waals surface area contributed by atoms with Gasteiger partial charge in [0.1, 0.15) is 12.4 Å². The zero-order valence-electron chi connectivity index (χ0n) is 13.8. The van der Waals surface area contributed by atoms with E-state index in [-0.39, 0.29) is 18.3 Å². The second kappa shape index (κ2) is 8.68. The predicted octanol–water partition coefficient (Wildman–Crippen LogP) is 3.76. The number of amides is 1. The molecule has 0 fully saturated rings. The highest BCUT2D eigenvalue weighted by Crippen LogP contribution is 2.18. The Kier molecular flexibility index (Phi) is 6.33. The van der Waals surface area contributed by atoms with E-state index in [9.17, 15) is 14.9 Å². The minimum absolute atomic E-state index is 0.0352. The predicted molar refractivity (Wildman–Crippen MR) is 92.8 cm³/mol. The Morgan fingerprint density at radius 2 is 1.96 bits per heavy atom. The van der Waals surface area contributed by atoms with Crippen LogP contribution in [0.15, 0.2) is 48.5 Å². The van der Waals surface area contributed by atoms with Crippen LogP contribution in [0, 0.1) is 10.1 Å². The standard InChI is InChI=1S/C18H20N2O5/c1-2-15(19-18(21)22)10-13-6-8-17(9-7-13)25-12-14-4-3-5-16(11-14)20(23)24/h3-9,11,15,19H,2,10,12H2,1H3,(H,21,22). The molecule has 0 saturated carbocycles. The van der Waals surface area contributed by atoms with Crippen molar-refractivity contribution in [2.45, 2.75) is 32.4 Å². The molecule has 0 saturated heterocycles. The average Bonchev–Trinajstić information content (AvgIpc) is 2.60. The Balaban J connectivity index is 1.93. The lowest BCUT2D eigenvalue weighted by atomic mass is 10.0. The monoisotopic (exact) mass is 344 g/mol. The number of nitro groups is 1. The third-order valence-corrected chi connectivity index (χ3v) is 3.75. The topological polar surface area (TPSA) is 102 Å². The van der Waals surface area contributed by atoms with Gasteiger partial charge < -0.3 is 15.2 Å². The number of nitrogens with one attached hydrogen (secondary N) is 1. The van der Waals surface area contributed by atoms with Gasteiger partial charge in [0.2, 0.25) is 0 Å². The van der Waals surface area contributed by atoms with Gasteiger partial charge in [-0.05, 0) is 36.1 Å². The molecule has 7 heteroatoms. The third kappa shape index (κ3) is 5.80. The summed E-state index contributed by atoms with van der Waals surface area (Å²) >= 11 is 0. The largest absolute Gasteiger partial charge is 0.489 e. The summed E-state index contributed by atoms with van der Waals surface area (Å²) in [6, 6.07) is 13.6. The summed E-state index contributed by atoms with van der Waals surface area (Å²) < 4.78 is 5.65. The van der Waals surface area contributed by atoms with Crippen molar-refractivity contribution in [3.05, 3.63) is 69.8 Å². The number of carbonyl (C=O) groups is 1. The van der Waals surface area contributed by atoms with Crippen molar-refractivity contribution in [1.82, 2.24) is 5.32 Å². The van der Waals surface area contributed by atoms with Crippen LogP contribution in [0.4, 0.5) is 10.5 Å². The molecule has 7 nitrogen and oxygen atoms in total. The van der Waals surface area contributed by atoms with Crippen molar-refractivity contribution in [2.24, 2.45) is 0 Å². The van der Waals surface area contributed by atoms with E-state index in [0.29, 0.717) is 18.6 Å². The van der Waals surface area contributed by atoms with Crippen molar-refractivity contribution in [3.8, 4) is 5.75 Å². The van der Waals surface area contributed by atoms with E-state index in [4.69, 9.17) is 9.84 Å². The van der Waals surface area contributed by atoms with E-state index in [2.05, 4.69) is 5.32 Å². The Labute approximate surface area is 145 Å². The molecule has 132 valence electrons. The van der Waals surface area contributed by atoms with Crippen molar-refractivity contribution in [3.63, 3.8) is 0 Å². The van der Waals surface area contributed by atoms with Crippen molar-refractivity contribution >= 4 is 11.8 Å². The normalized spacial score (nSPS) is 11.6. The SMILES string of the molecule is CCC(Cc1ccc(OCc2cccc([N+](=O)[O-])c2)cc1)NC(=O)O. The zero-order chi connectivity index (χ0) is 18.2. The van der Waals surface area contributed by atoms with Crippen LogP contribution in [0.1, 0.15) is 24.5 Å². The maximum atomic E-state index is 10.8. The number of non-ortho nitro benzene ring substituents is 1. The molecule has 0 bridgehead atoms. The van der Waals surface area contributed by atoms with E-state index in [0.717, 1.165) is 11.1 Å². The molecule has 0 aromatic heterocycles. The first-order valence-corrected chi connectivity index (χ1v) is 7.92. The van der Waals surface area contributed by atoms with Crippen LogP contribution in [-0.4, -0.2) is 22.2 Å². The Morgan fingerprint density at radius 1 is 1.24 bits per heavy atom. The first-order chi connectivity index (χ1) is 12.0. The van der Waals surface area contributed by atoms with Gasteiger partial charge >= 0.3 is 6.09 Å². The molecule has 1 atom stereocenters. The van der Waals surface area contributed by atoms with Crippen LogP contribution in [-0.2, 0) is 13.0 Å². The summed E-state index contributed by atoms with van der Waals surface area (Å²) in [4.78, 5) is 21.1. The fourth-order valence-electron chi connectivity index (χ4n) is 2.40. The van der Waals surface area contributed by atoms with Gasteiger partial charge in [-0.15, -0.1) is 0 Å². The highest BCUT2D eigenvalue weighted by molar-refractivity contribution is 5.64. The van der Waals surface area contributed by atoms with Crippen molar-refractivity contribution in [2.75, 3.05) is 0 Å². The smallest absolute Gasteiger partial charge is 0.404 e. The third-order valence-electron chi connectivity index (χ3n) is 3.75. The maximum absolute atomic E-state index is 10.8. The lowest BCUT2D eigenvalue weighted by molar-refractivity contribution is -0.384. The molecule has 2 aromatic carbocycles. The summed E-state index contributed by atoms with van der Waals surface area (Å²) in [6.45, 7) is 2.16. The van der Waals surface area contributed by atoms with E-state index in [1.807, 2.05) is 19.1 Å². The van der Waals surface area contributed by atoms with Gasteiger partial charge in [0.05, 0.1) is 4.92 Å². The fraction of sp³-hybridized carbons (Fsp3) is 0.278. The van der Waals surface area contributed by atoms with E-state index in [1.165, 1.54) is 12.1 Å². The van der Waals surface area contributed by atoms with Crippen LogP contribution in [0.2, 0.25) is 0 Å². The molecule has 2 N–H and O–H groups in total. The van der Waals surface area contributed by atoms with Gasteiger partial charge in [0, 0.05) is 18.2 Å². The summed E-state index contributed by atoms with van der Waals surface area (Å²) in [6.07, 6.45) is 0.287. The quantitative estimate of drug-likeness (QED) is 0.561. The highest BCUT2D eigenvalue weighted by Gasteiger charge is 2.10. The van der Waals surface area contributed by atoms with Gasteiger partial charge in [-0.2, -0.15) is 0 Å². The summed E-state index contributed by atoms with van der Waals surface area (Å²) in [5, 5.41) is 22.0. The molecule has 0 aliphatic rings. The molecular formula is C18H20N2O5. The maximum Gasteiger partial charge on any atom is 0.404 e. The van der Waals surface area contributed by atoms with Gasteiger partial charge in [0.25, 0.3) is 5.69 Å². The molecule has 1 unspecified atom stereocenters. The van der Waals surface area contributed by atoms with E-state index in [1.54, 1.807) is 24.3 Å². The van der Waals surface area contributed by atoms with Gasteiger partial charge in [-0.1, -0.05) is 31.2 Å². The second-order valence-electron chi connectivity index (χ2n) is 5.62. The van der Waals surface area contributed by atoms with Crippen molar-refractivity contribution in [1.29, 1.82) is 0 Å². The first-order valence-electron chi connectivity index (χ1n) is 7.92. The van der Waals surface area contributed by atoms with Crippen LogP contribution in [0.3, 0.4) is 0 Å². The van der Waals surface area contributed by atoms with Crippen LogP contribution in [0.5, 0.6) is 5.75 Å². The number of hydrogen-bond donors (Lipinski definition) is 2. The fourth-order valence-corrected chi connectivity index (χ4v) is 2.40. The number of rotatable bonds is 8. The number of hydrogen-bond acceptors (Lipinski definition) is 4. The molecule has 2 rings (SSSR count). The number of ether oxygens (including phenoxy) is 1. The number of nitro benzene ring substituents is 1. The minimum atomic E-state index is -1.02. The van der Waals surface area contributed by atoms with Gasteiger partial charge in [-0.3, -0.25) is 10.1 Å². The lowest BCUT2D eigenvalue weighted by Crippen LogP contribution is -2.34. The van der Waals surface area contributed by atoms with Crippen LogP contribution >= 0.6 is 0 Å². The Hall–Kier alpha value is -3.09. The lowest BCUT2D eigenvalue weighted by Gasteiger charge is -2.15. The average molecular weight is 344 g/mol. The van der Waals surface area contributed by atoms with Crippen LogP contribution in [0.25, 0.3) is 0 Å². The molecule has 0 radical (unpaired) electrons. The molecule has 0 spiro atoms. The molecule has 0 aliphatic carbocycles. The molecule has 0 heterocycles. The summed E-state index contributed by atoms with van der Waals surface area (Å²) in [5.41, 5.74) is 1.76. The zero-order valence-corrected chi connectivity index (χ0v) is 13.8. The number of nitrogens with zero attached hydrogens (tertiary/aromatic N) is 1. The van der Waals surface area contributed by atoms with E-state index < -0.39 is 11.0 Å². The number of carboxylic acid groups (broad SMARTS) is 1. The summed E-state index contributed by atoms with van der Waals surface area (Å²) in [5.74, 6) is 0.648. The minimum Gasteiger partial charge on any atom is -0.489 e. The second-order valence-corrected chi connectivity index (χ2v) is 5.62. The van der Waals surface area contributed by atoms with Gasteiger partial charge in [0.15, 0.2) is 0 Å². The first kappa shape index (κ1) is 18.3. The van der Waals surface area contributed by atoms with Gasteiger partial charge in [-0.25, -0.2) is 4.79 Å². The molecule has 2 aromatic rings.